The number of nitrogens with one attached hydrogen (secondary N) is 1. The minimum atomic E-state index is -0.179. The first-order valence-electron chi connectivity index (χ1n) is 6.60. The zero-order valence-electron chi connectivity index (χ0n) is 11.7. The van der Waals surface area contributed by atoms with Crippen LogP contribution < -0.4 is 5.32 Å². The molecule has 0 bridgehead atoms. The number of hydrogen-bond donors (Lipinski definition) is 1. The first kappa shape index (κ1) is 16.2. The van der Waals surface area contributed by atoms with Crippen molar-refractivity contribution in [2.75, 3.05) is 7.05 Å². The van der Waals surface area contributed by atoms with Gasteiger partial charge in [-0.05, 0) is 53.5 Å². The normalized spacial score (nSPS) is 18.4. The summed E-state index contributed by atoms with van der Waals surface area (Å²) < 4.78 is 5.34. The Morgan fingerprint density at radius 2 is 1.76 bits per heavy atom. The van der Waals surface area contributed by atoms with Crippen LogP contribution in [0.1, 0.15) is 52.9 Å². The van der Waals surface area contributed by atoms with Crippen molar-refractivity contribution in [1.29, 1.82) is 0 Å². The summed E-state index contributed by atoms with van der Waals surface area (Å²) in [5.41, 5.74) is 0. The molecule has 1 N–H and O–H groups in total. The third kappa shape index (κ3) is 7.97. The molecular weight excluding hydrogens is 214 g/mol. The Morgan fingerprint density at radius 1 is 1.24 bits per heavy atom. The van der Waals surface area contributed by atoms with Crippen LogP contribution in [0.15, 0.2) is 12.2 Å². The Labute approximate surface area is 106 Å². The Bertz CT molecular complexity index is 216. The number of ether oxygens (including phenoxy) is 1. The Hall–Kier alpha value is -0.830. The van der Waals surface area contributed by atoms with Gasteiger partial charge in [-0.15, -0.1) is 0 Å². The van der Waals surface area contributed by atoms with Crippen LogP contribution in [0, 0.1) is 0 Å². The van der Waals surface area contributed by atoms with Gasteiger partial charge in [0.15, 0.2) is 0 Å². The van der Waals surface area contributed by atoms with Crippen LogP contribution in [-0.4, -0.2) is 25.2 Å². The highest BCUT2D eigenvalue weighted by Gasteiger charge is 2.20. The van der Waals surface area contributed by atoms with E-state index in [4.69, 9.17) is 4.74 Å². The molecule has 0 aromatic heterocycles. The Morgan fingerprint density at radius 3 is 2.18 bits per heavy atom. The summed E-state index contributed by atoms with van der Waals surface area (Å²) in [5.74, 6) is -0.116. The molecule has 3 nitrogen and oxygen atoms in total. The SMILES string of the molecule is C/C=C\C.CNC(C)C(=O)OC1CCCCC1. The average molecular weight is 241 g/mol. The third-order valence-corrected chi connectivity index (χ3v) is 2.95. The standard InChI is InChI=1S/C10H19NO2.C4H8/c1-8(11-2)10(12)13-9-6-4-3-5-7-9;1-3-4-2/h8-9,11H,3-7H2,1-2H3;3-4H,1-2H3/b;4-3-. The lowest BCUT2D eigenvalue weighted by molar-refractivity contribution is -0.152. The minimum Gasteiger partial charge on any atom is -0.461 e. The maximum atomic E-state index is 11.4. The molecule has 1 atom stereocenters. The van der Waals surface area contributed by atoms with Gasteiger partial charge in [0.1, 0.15) is 12.1 Å². The topological polar surface area (TPSA) is 38.3 Å². The molecule has 0 saturated heterocycles. The van der Waals surface area contributed by atoms with E-state index >= 15 is 0 Å². The lowest BCUT2D eigenvalue weighted by Crippen LogP contribution is -2.35. The highest BCUT2D eigenvalue weighted by atomic mass is 16.5. The van der Waals surface area contributed by atoms with Crippen LogP contribution in [0.4, 0.5) is 0 Å². The quantitative estimate of drug-likeness (QED) is 0.609. The minimum absolute atomic E-state index is 0.116. The summed E-state index contributed by atoms with van der Waals surface area (Å²) in [4.78, 5) is 11.4. The van der Waals surface area contributed by atoms with E-state index in [1.807, 2.05) is 32.9 Å². The number of carbonyl (C=O) groups excluding carboxylic acids is 1. The van der Waals surface area contributed by atoms with Gasteiger partial charge >= 0.3 is 5.97 Å². The number of hydrogen-bond acceptors (Lipinski definition) is 3. The molecule has 1 rings (SSSR count). The van der Waals surface area contributed by atoms with Gasteiger partial charge in [-0.2, -0.15) is 0 Å². The zero-order chi connectivity index (χ0) is 13.1. The number of allylic oxidation sites excluding steroid dienone is 2. The average Bonchev–Trinajstić information content (AvgIpc) is 2.39. The number of rotatable bonds is 3. The van der Waals surface area contributed by atoms with Gasteiger partial charge < -0.3 is 10.1 Å². The predicted octanol–water partition coefficient (Wildman–Crippen LogP) is 3.05. The number of carbonyl (C=O) groups is 1. The Kier molecular flexibility index (Phi) is 9.83. The van der Waals surface area contributed by atoms with Gasteiger partial charge in [0.2, 0.25) is 0 Å². The first-order valence-corrected chi connectivity index (χ1v) is 6.60. The van der Waals surface area contributed by atoms with Gasteiger partial charge in [-0.3, -0.25) is 4.79 Å². The molecule has 0 aromatic rings. The predicted molar refractivity (Wildman–Crippen MR) is 72.0 cm³/mol. The first-order chi connectivity index (χ1) is 8.15. The highest BCUT2D eigenvalue weighted by Crippen LogP contribution is 2.20. The Balaban J connectivity index is 0.000000557. The summed E-state index contributed by atoms with van der Waals surface area (Å²) in [6, 6.07) is -0.179. The van der Waals surface area contributed by atoms with Crippen molar-refractivity contribution in [3.8, 4) is 0 Å². The van der Waals surface area contributed by atoms with Crippen molar-refractivity contribution in [2.45, 2.75) is 65.0 Å². The monoisotopic (exact) mass is 241 g/mol. The van der Waals surface area contributed by atoms with E-state index in [0.29, 0.717) is 0 Å². The fraction of sp³-hybridized carbons (Fsp3) is 0.786. The van der Waals surface area contributed by atoms with Gasteiger partial charge in [0.05, 0.1) is 0 Å². The van der Waals surface area contributed by atoms with Crippen molar-refractivity contribution in [2.24, 2.45) is 0 Å². The lowest BCUT2D eigenvalue weighted by Gasteiger charge is -2.23. The summed E-state index contributed by atoms with van der Waals surface area (Å²) in [6.45, 7) is 5.82. The molecule has 0 spiro atoms. The van der Waals surface area contributed by atoms with E-state index in [0.717, 1.165) is 12.8 Å². The van der Waals surface area contributed by atoms with E-state index < -0.39 is 0 Å². The molecular formula is C14H27NO2. The van der Waals surface area contributed by atoms with E-state index in [9.17, 15) is 4.79 Å². The molecule has 0 radical (unpaired) electrons. The van der Waals surface area contributed by atoms with Crippen molar-refractivity contribution in [1.82, 2.24) is 5.32 Å². The van der Waals surface area contributed by atoms with Crippen LogP contribution >= 0.6 is 0 Å². The van der Waals surface area contributed by atoms with Crippen LogP contribution in [0.5, 0.6) is 0 Å². The molecule has 1 aliphatic carbocycles. The molecule has 100 valence electrons. The number of esters is 1. The van der Waals surface area contributed by atoms with Crippen molar-refractivity contribution < 1.29 is 9.53 Å². The fourth-order valence-electron chi connectivity index (χ4n) is 1.57. The molecule has 1 unspecified atom stereocenters. The summed E-state index contributed by atoms with van der Waals surface area (Å²) in [6.07, 6.45) is 9.95. The molecule has 1 fully saturated rings. The summed E-state index contributed by atoms with van der Waals surface area (Å²) in [7, 11) is 1.77. The van der Waals surface area contributed by atoms with E-state index in [1.54, 1.807) is 7.05 Å². The molecule has 1 saturated carbocycles. The second-order valence-corrected chi connectivity index (χ2v) is 4.37. The van der Waals surface area contributed by atoms with Crippen molar-refractivity contribution in [3.63, 3.8) is 0 Å². The van der Waals surface area contributed by atoms with E-state index in [2.05, 4.69) is 5.32 Å². The maximum Gasteiger partial charge on any atom is 0.323 e. The maximum absolute atomic E-state index is 11.4. The van der Waals surface area contributed by atoms with Crippen LogP contribution in [0.2, 0.25) is 0 Å². The van der Waals surface area contributed by atoms with E-state index in [-0.39, 0.29) is 18.1 Å². The second-order valence-electron chi connectivity index (χ2n) is 4.37. The molecule has 0 amide bonds. The van der Waals surface area contributed by atoms with Crippen molar-refractivity contribution in [3.05, 3.63) is 12.2 Å². The highest BCUT2D eigenvalue weighted by molar-refractivity contribution is 5.75. The zero-order valence-corrected chi connectivity index (χ0v) is 11.7. The molecule has 0 aromatic carbocycles. The van der Waals surface area contributed by atoms with Crippen LogP contribution in [0.25, 0.3) is 0 Å². The van der Waals surface area contributed by atoms with Crippen LogP contribution in [-0.2, 0) is 9.53 Å². The summed E-state index contributed by atoms with van der Waals surface area (Å²) in [5, 5.41) is 2.88. The van der Waals surface area contributed by atoms with Gasteiger partial charge in [-0.25, -0.2) is 0 Å². The van der Waals surface area contributed by atoms with Gasteiger partial charge in [0.25, 0.3) is 0 Å². The van der Waals surface area contributed by atoms with Crippen molar-refractivity contribution >= 4 is 5.97 Å². The largest absolute Gasteiger partial charge is 0.461 e. The molecule has 0 aliphatic heterocycles. The smallest absolute Gasteiger partial charge is 0.323 e. The fourth-order valence-corrected chi connectivity index (χ4v) is 1.57. The van der Waals surface area contributed by atoms with Gasteiger partial charge in [-0.1, -0.05) is 18.6 Å². The summed E-state index contributed by atoms with van der Waals surface area (Å²) >= 11 is 0. The molecule has 0 heterocycles. The molecule has 3 heteroatoms. The molecule has 17 heavy (non-hydrogen) atoms. The number of likely N-dealkylation sites (N-methyl/N-ethyl adjacent to an activating group) is 1. The van der Waals surface area contributed by atoms with Gasteiger partial charge in [0, 0.05) is 0 Å². The van der Waals surface area contributed by atoms with E-state index in [1.165, 1.54) is 19.3 Å². The van der Waals surface area contributed by atoms with Crippen LogP contribution in [0.3, 0.4) is 0 Å². The third-order valence-electron chi connectivity index (χ3n) is 2.95. The second kappa shape index (κ2) is 10.3. The lowest BCUT2D eigenvalue weighted by atomic mass is 9.98. The molecule has 1 aliphatic rings.